The van der Waals surface area contributed by atoms with E-state index in [1.807, 2.05) is 78.9 Å². The Bertz CT molecular complexity index is 1120. The Hall–Kier alpha value is -4.44. The average Bonchev–Trinajstić information content (AvgIpc) is 3.31. The third-order valence-corrected chi connectivity index (χ3v) is 4.37. The van der Waals surface area contributed by atoms with Crippen molar-refractivity contribution in [1.29, 1.82) is 5.26 Å². The van der Waals surface area contributed by atoms with E-state index >= 15 is 0 Å². The minimum Gasteiger partial charge on any atom is -0.507 e. The van der Waals surface area contributed by atoms with Crippen molar-refractivity contribution < 1.29 is 5.11 Å². The molecule has 0 aliphatic carbocycles. The molecule has 1 heterocycles. The molecule has 7 heteroatoms. The van der Waals surface area contributed by atoms with Gasteiger partial charge in [-0.3, -0.25) is 0 Å². The van der Waals surface area contributed by atoms with Crippen LogP contribution in [0.15, 0.2) is 79.0 Å². The molecule has 3 aromatic carbocycles. The molecule has 0 radical (unpaired) electrons. The molecular formula is C22H16N6O. The highest BCUT2D eigenvalue weighted by molar-refractivity contribution is 5.86. The quantitative estimate of drug-likeness (QED) is 0.353. The summed E-state index contributed by atoms with van der Waals surface area (Å²) in [6, 6.07) is 25.0. The van der Waals surface area contributed by atoms with E-state index in [9.17, 15) is 10.4 Å². The second-order valence-electron chi connectivity index (χ2n) is 6.20. The van der Waals surface area contributed by atoms with Crippen LogP contribution in [0.25, 0.3) is 27.8 Å². The highest BCUT2D eigenvalue weighted by Crippen LogP contribution is 2.40. The zero-order valence-corrected chi connectivity index (χ0v) is 15.2. The number of phenols is 1. The van der Waals surface area contributed by atoms with Gasteiger partial charge < -0.3 is 10.4 Å². The van der Waals surface area contributed by atoms with Crippen LogP contribution in [-0.4, -0.2) is 25.7 Å². The lowest BCUT2D eigenvalue weighted by Crippen LogP contribution is -1.95. The number of allylic oxidation sites excluding steroid dienone is 1. The first-order valence-electron chi connectivity index (χ1n) is 8.85. The van der Waals surface area contributed by atoms with Crippen LogP contribution < -0.4 is 5.32 Å². The smallest absolute Gasteiger partial charge is 0.216 e. The first-order valence-corrected chi connectivity index (χ1v) is 8.85. The van der Waals surface area contributed by atoms with Gasteiger partial charge in [0.15, 0.2) is 0 Å². The van der Waals surface area contributed by atoms with Gasteiger partial charge >= 0.3 is 0 Å². The first-order chi connectivity index (χ1) is 14.3. The Kier molecular flexibility index (Phi) is 4.99. The number of aromatic nitrogens is 4. The number of tetrazole rings is 1. The number of rotatable bonds is 5. The van der Waals surface area contributed by atoms with Crippen LogP contribution in [-0.2, 0) is 0 Å². The lowest BCUT2D eigenvalue weighted by molar-refractivity contribution is 0.479. The van der Waals surface area contributed by atoms with Crippen molar-refractivity contribution in [3.8, 4) is 34.1 Å². The molecule has 0 spiro atoms. The SMILES string of the molecule is N#CC(=CNc1cc(-c2ccccc2)c(O)c(-c2ccccc2)c1)c1nn[nH]n1. The van der Waals surface area contributed by atoms with Crippen molar-refractivity contribution in [1.82, 2.24) is 20.6 Å². The minimum atomic E-state index is 0.190. The maximum atomic E-state index is 11.0. The summed E-state index contributed by atoms with van der Waals surface area (Å²) in [5.74, 6) is 0.390. The molecule has 1 aromatic heterocycles. The van der Waals surface area contributed by atoms with Gasteiger partial charge in [-0.05, 0) is 28.5 Å². The summed E-state index contributed by atoms with van der Waals surface area (Å²) >= 11 is 0. The Labute approximate surface area is 167 Å². The van der Waals surface area contributed by atoms with Gasteiger partial charge in [0.1, 0.15) is 17.4 Å². The average molecular weight is 380 g/mol. The van der Waals surface area contributed by atoms with E-state index in [1.165, 1.54) is 6.20 Å². The summed E-state index contributed by atoms with van der Waals surface area (Å²) in [5, 5.41) is 36.9. The molecule has 7 nitrogen and oxygen atoms in total. The van der Waals surface area contributed by atoms with Crippen molar-refractivity contribution in [2.45, 2.75) is 0 Å². The van der Waals surface area contributed by atoms with Gasteiger partial charge in [-0.25, -0.2) is 0 Å². The van der Waals surface area contributed by atoms with Crippen molar-refractivity contribution in [2.24, 2.45) is 0 Å². The third-order valence-electron chi connectivity index (χ3n) is 4.37. The summed E-state index contributed by atoms with van der Waals surface area (Å²) in [4.78, 5) is 0. The Morgan fingerprint density at radius 2 is 1.55 bits per heavy atom. The second kappa shape index (κ2) is 8.06. The number of aromatic amines is 1. The Morgan fingerprint density at radius 1 is 0.966 bits per heavy atom. The highest BCUT2D eigenvalue weighted by atomic mass is 16.3. The molecule has 0 saturated heterocycles. The van der Waals surface area contributed by atoms with Crippen LogP contribution in [0.2, 0.25) is 0 Å². The van der Waals surface area contributed by atoms with Gasteiger partial charge in [-0.15, -0.1) is 10.2 Å². The van der Waals surface area contributed by atoms with E-state index in [2.05, 4.69) is 25.9 Å². The lowest BCUT2D eigenvalue weighted by atomic mass is 9.96. The maximum absolute atomic E-state index is 11.0. The van der Waals surface area contributed by atoms with Gasteiger partial charge in [0.25, 0.3) is 0 Å². The number of H-pyrrole nitrogens is 1. The lowest BCUT2D eigenvalue weighted by Gasteiger charge is -2.14. The van der Waals surface area contributed by atoms with Crippen molar-refractivity contribution >= 4 is 11.3 Å². The van der Waals surface area contributed by atoms with Crippen LogP contribution in [0.1, 0.15) is 5.82 Å². The van der Waals surface area contributed by atoms with Crippen molar-refractivity contribution in [2.75, 3.05) is 5.32 Å². The fourth-order valence-electron chi connectivity index (χ4n) is 2.97. The standard InChI is InChI=1S/C22H16N6O/c23-13-17(22-25-27-28-26-22)14-24-18-11-19(15-7-3-1-4-8-15)21(29)20(12-18)16-9-5-2-6-10-16/h1-12,14,24,29H,(H,25,26,27,28). The van der Waals surface area contributed by atoms with Crippen molar-refractivity contribution in [3.63, 3.8) is 0 Å². The number of nitriles is 1. The second-order valence-corrected chi connectivity index (χ2v) is 6.20. The summed E-state index contributed by atoms with van der Waals surface area (Å²) in [7, 11) is 0. The Balaban J connectivity index is 1.81. The number of anilines is 1. The molecular weight excluding hydrogens is 364 g/mol. The molecule has 0 amide bonds. The van der Waals surface area contributed by atoms with Crippen LogP contribution in [0.5, 0.6) is 5.75 Å². The number of hydrogen-bond acceptors (Lipinski definition) is 6. The van der Waals surface area contributed by atoms with Gasteiger partial charge in [0.05, 0.1) is 0 Å². The van der Waals surface area contributed by atoms with Crippen molar-refractivity contribution in [3.05, 3.63) is 84.8 Å². The maximum Gasteiger partial charge on any atom is 0.216 e. The molecule has 0 bridgehead atoms. The molecule has 0 unspecified atom stereocenters. The molecule has 140 valence electrons. The number of aromatic hydroxyl groups is 1. The largest absolute Gasteiger partial charge is 0.507 e. The van der Waals surface area contributed by atoms with E-state index in [-0.39, 0.29) is 17.1 Å². The van der Waals surface area contributed by atoms with Crippen LogP contribution in [0.4, 0.5) is 5.69 Å². The molecule has 4 aromatic rings. The van der Waals surface area contributed by atoms with Crippen LogP contribution >= 0.6 is 0 Å². The number of benzene rings is 3. The third kappa shape index (κ3) is 3.82. The van der Waals surface area contributed by atoms with Gasteiger partial charge in [0, 0.05) is 23.0 Å². The molecule has 0 aliphatic rings. The number of nitrogens with one attached hydrogen (secondary N) is 2. The number of nitrogens with zero attached hydrogens (tertiary/aromatic N) is 4. The molecule has 0 saturated carbocycles. The number of hydrogen-bond donors (Lipinski definition) is 3. The summed E-state index contributed by atoms with van der Waals surface area (Å²) in [5.41, 5.74) is 4.06. The van der Waals surface area contributed by atoms with Gasteiger partial charge in [0.2, 0.25) is 5.82 Å². The van der Waals surface area contributed by atoms with E-state index in [0.29, 0.717) is 16.8 Å². The molecule has 3 N–H and O–H groups in total. The predicted molar refractivity (Wildman–Crippen MR) is 110 cm³/mol. The topological polar surface area (TPSA) is 111 Å². The molecule has 29 heavy (non-hydrogen) atoms. The fraction of sp³-hybridized carbons (Fsp3) is 0. The first kappa shape index (κ1) is 17.9. The summed E-state index contributed by atoms with van der Waals surface area (Å²) in [6.07, 6.45) is 1.51. The molecule has 0 aliphatic heterocycles. The molecule has 4 rings (SSSR count). The summed E-state index contributed by atoms with van der Waals surface area (Å²) < 4.78 is 0. The van der Waals surface area contributed by atoms with Gasteiger partial charge in [-0.2, -0.15) is 10.5 Å². The van der Waals surface area contributed by atoms with E-state index in [0.717, 1.165) is 11.1 Å². The molecule has 0 atom stereocenters. The van der Waals surface area contributed by atoms with E-state index in [4.69, 9.17) is 0 Å². The van der Waals surface area contributed by atoms with E-state index < -0.39 is 0 Å². The minimum absolute atomic E-state index is 0.190. The fourth-order valence-corrected chi connectivity index (χ4v) is 2.97. The highest BCUT2D eigenvalue weighted by Gasteiger charge is 2.14. The van der Waals surface area contributed by atoms with E-state index in [1.54, 1.807) is 0 Å². The normalized spacial score (nSPS) is 11.1. The van der Waals surface area contributed by atoms with Crippen LogP contribution in [0, 0.1) is 11.3 Å². The van der Waals surface area contributed by atoms with Gasteiger partial charge in [-0.1, -0.05) is 60.7 Å². The summed E-state index contributed by atoms with van der Waals surface area (Å²) in [6.45, 7) is 0. The van der Waals surface area contributed by atoms with Crippen LogP contribution in [0.3, 0.4) is 0 Å². The Morgan fingerprint density at radius 3 is 2.03 bits per heavy atom. The molecule has 0 fully saturated rings. The monoisotopic (exact) mass is 380 g/mol. The number of phenolic OH excluding ortho intramolecular Hbond substituents is 1. The zero-order valence-electron chi connectivity index (χ0n) is 15.2. The zero-order chi connectivity index (χ0) is 20.1. The predicted octanol–water partition coefficient (Wildman–Crippen LogP) is 4.22.